The minimum Gasteiger partial charge on any atom is -0.481 e. The van der Waals surface area contributed by atoms with E-state index in [0.717, 1.165) is 18.8 Å². The first-order valence-electron chi connectivity index (χ1n) is 7.32. The summed E-state index contributed by atoms with van der Waals surface area (Å²) < 4.78 is 0. The lowest BCUT2D eigenvalue weighted by molar-refractivity contribution is -0.149. The number of nitrogens with zero attached hydrogens (tertiary/aromatic N) is 1. The third-order valence-electron chi connectivity index (χ3n) is 4.45. The van der Waals surface area contributed by atoms with Gasteiger partial charge in [-0.1, -0.05) is 33.1 Å². The van der Waals surface area contributed by atoms with Crippen molar-refractivity contribution in [3.05, 3.63) is 0 Å². The van der Waals surface area contributed by atoms with E-state index in [-0.39, 0.29) is 0 Å². The smallest absolute Gasteiger partial charge is 0.310 e. The number of aliphatic carboxylic acids is 1. The zero-order valence-electron chi connectivity index (χ0n) is 12.4. The van der Waals surface area contributed by atoms with Crippen molar-refractivity contribution in [2.75, 3.05) is 13.6 Å². The largest absolute Gasteiger partial charge is 0.481 e. The summed E-state index contributed by atoms with van der Waals surface area (Å²) in [5.41, 5.74) is -0.593. The Morgan fingerprint density at radius 3 is 2.61 bits per heavy atom. The Morgan fingerprint density at radius 1 is 1.44 bits per heavy atom. The highest BCUT2D eigenvalue weighted by Crippen LogP contribution is 2.30. The van der Waals surface area contributed by atoms with Gasteiger partial charge >= 0.3 is 5.97 Å². The van der Waals surface area contributed by atoms with Crippen LogP contribution in [0.25, 0.3) is 0 Å². The molecule has 0 saturated heterocycles. The van der Waals surface area contributed by atoms with E-state index in [1.807, 2.05) is 6.92 Å². The van der Waals surface area contributed by atoms with Crippen molar-refractivity contribution >= 4 is 5.97 Å². The quantitative estimate of drug-likeness (QED) is 0.791. The van der Waals surface area contributed by atoms with Crippen LogP contribution in [-0.2, 0) is 4.79 Å². The molecular formula is C15H29NO2. The van der Waals surface area contributed by atoms with Crippen LogP contribution in [0.4, 0.5) is 0 Å². The molecule has 0 radical (unpaired) electrons. The fraction of sp³-hybridized carbons (Fsp3) is 0.933. The molecule has 0 aromatic carbocycles. The molecule has 1 rings (SSSR count). The molecule has 18 heavy (non-hydrogen) atoms. The minimum atomic E-state index is -0.653. The molecule has 1 N–H and O–H groups in total. The molecule has 0 heterocycles. The minimum absolute atomic E-state index is 0.573. The normalized spacial score (nSPS) is 28.1. The number of carbonyl (C=O) groups is 1. The van der Waals surface area contributed by atoms with Gasteiger partial charge in [0.1, 0.15) is 0 Å². The van der Waals surface area contributed by atoms with E-state index < -0.39 is 11.4 Å². The molecule has 0 bridgehead atoms. The van der Waals surface area contributed by atoms with Crippen LogP contribution < -0.4 is 0 Å². The van der Waals surface area contributed by atoms with E-state index in [1.54, 1.807) is 0 Å². The van der Waals surface area contributed by atoms with Crippen LogP contribution in [0.5, 0.6) is 0 Å². The Kier molecular flexibility index (Phi) is 5.64. The number of carboxylic acids is 1. The fourth-order valence-electron chi connectivity index (χ4n) is 3.29. The molecule has 0 aliphatic heterocycles. The second kappa shape index (κ2) is 6.55. The molecular weight excluding hydrogens is 226 g/mol. The van der Waals surface area contributed by atoms with E-state index >= 15 is 0 Å². The zero-order chi connectivity index (χ0) is 13.8. The van der Waals surface area contributed by atoms with E-state index in [2.05, 4.69) is 25.8 Å². The summed E-state index contributed by atoms with van der Waals surface area (Å²) >= 11 is 0. The van der Waals surface area contributed by atoms with E-state index in [1.165, 1.54) is 25.7 Å². The number of hydrogen-bond donors (Lipinski definition) is 1. The lowest BCUT2D eigenvalue weighted by Crippen LogP contribution is -2.45. The Balaban J connectivity index is 2.60. The first kappa shape index (κ1) is 15.5. The SMILES string of the molecule is CCCC(C)(CN(C)C1CCCC(C)C1)C(=O)O. The van der Waals surface area contributed by atoms with Crippen LogP contribution >= 0.6 is 0 Å². The lowest BCUT2D eigenvalue weighted by Gasteiger charge is -2.38. The van der Waals surface area contributed by atoms with Crippen LogP contribution in [-0.4, -0.2) is 35.6 Å². The van der Waals surface area contributed by atoms with Gasteiger partial charge < -0.3 is 10.0 Å². The maximum absolute atomic E-state index is 11.5. The van der Waals surface area contributed by atoms with Crippen LogP contribution in [0.3, 0.4) is 0 Å². The molecule has 3 nitrogen and oxygen atoms in total. The predicted octanol–water partition coefficient (Wildman–Crippen LogP) is 3.39. The van der Waals surface area contributed by atoms with Gasteiger partial charge in [0.15, 0.2) is 0 Å². The summed E-state index contributed by atoms with van der Waals surface area (Å²) in [4.78, 5) is 13.8. The van der Waals surface area contributed by atoms with Gasteiger partial charge in [0.25, 0.3) is 0 Å². The highest BCUT2D eigenvalue weighted by molar-refractivity contribution is 5.74. The van der Waals surface area contributed by atoms with Crippen molar-refractivity contribution in [3.63, 3.8) is 0 Å². The van der Waals surface area contributed by atoms with Crippen molar-refractivity contribution in [1.29, 1.82) is 0 Å². The summed E-state index contributed by atoms with van der Waals surface area (Å²) in [6.45, 7) is 6.93. The fourth-order valence-corrected chi connectivity index (χ4v) is 3.29. The van der Waals surface area contributed by atoms with Crippen molar-refractivity contribution in [2.24, 2.45) is 11.3 Å². The molecule has 1 fully saturated rings. The van der Waals surface area contributed by atoms with Gasteiger partial charge in [-0.05, 0) is 39.2 Å². The first-order valence-corrected chi connectivity index (χ1v) is 7.32. The van der Waals surface area contributed by atoms with E-state index in [0.29, 0.717) is 12.6 Å². The van der Waals surface area contributed by atoms with Gasteiger partial charge in [-0.25, -0.2) is 0 Å². The Labute approximate surface area is 112 Å². The summed E-state index contributed by atoms with van der Waals surface area (Å²) in [7, 11) is 2.10. The van der Waals surface area contributed by atoms with Crippen molar-refractivity contribution in [1.82, 2.24) is 4.90 Å². The summed E-state index contributed by atoms with van der Waals surface area (Å²) in [6.07, 6.45) is 6.75. The van der Waals surface area contributed by atoms with Gasteiger partial charge in [-0.2, -0.15) is 0 Å². The van der Waals surface area contributed by atoms with Crippen LogP contribution in [0.2, 0.25) is 0 Å². The van der Waals surface area contributed by atoms with Gasteiger partial charge in [-0.3, -0.25) is 4.79 Å². The van der Waals surface area contributed by atoms with Gasteiger partial charge in [-0.15, -0.1) is 0 Å². The Morgan fingerprint density at radius 2 is 2.11 bits per heavy atom. The maximum Gasteiger partial charge on any atom is 0.310 e. The molecule has 3 heteroatoms. The highest BCUT2D eigenvalue weighted by atomic mass is 16.4. The van der Waals surface area contributed by atoms with Crippen LogP contribution in [0.1, 0.15) is 59.3 Å². The zero-order valence-corrected chi connectivity index (χ0v) is 12.4. The lowest BCUT2D eigenvalue weighted by atomic mass is 9.82. The Hall–Kier alpha value is -0.570. The summed E-state index contributed by atoms with van der Waals surface area (Å²) in [6, 6.07) is 0.573. The molecule has 3 atom stereocenters. The van der Waals surface area contributed by atoms with Gasteiger partial charge in [0.05, 0.1) is 5.41 Å². The van der Waals surface area contributed by atoms with Gasteiger partial charge in [0, 0.05) is 12.6 Å². The van der Waals surface area contributed by atoms with Crippen LogP contribution in [0.15, 0.2) is 0 Å². The topological polar surface area (TPSA) is 40.5 Å². The predicted molar refractivity (Wildman–Crippen MR) is 74.7 cm³/mol. The molecule has 1 aliphatic rings. The first-order chi connectivity index (χ1) is 8.39. The second-order valence-electron chi connectivity index (χ2n) is 6.46. The monoisotopic (exact) mass is 255 g/mol. The van der Waals surface area contributed by atoms with Crippen molar-refractivity contribution in [3.8, 4) is 0 Å². The number of carboxylic acid groups (broad SMARTS) is 1. The second-order valence-corrected chi connectivity index (χ2v) is 6.46. The number of hydrogen-bond acceptors (Lipinski definition) is 2. The molecule has 106 valence electrons. The third kappa shape index (κ3) is 3.98. The van der Waals surface area contributed by atoms with E-state index in [4.69, 9.17) is 0 Å². The molecule has 0 aromatic rings. The number of rotatable bonds is 6. The highest BCUT2D eigenvalue weighted by Gasteiger charge is 2.35. The molecule has 0 aromatic heterocycles. The average Bonchev–Trinajstić information content (AvgIpc) is 2.29. The summed E-state index contributed by atoms with van der Waals surface area (Å²) in [5.74, 6) is 0.133. The van der Waals surface area contributed by atoms with Crippen LogP contribution in [0, 0.1) is 11.3 Å². The molecule has 3 unspecified atom stereocenters. The maximum atomic E-state index is 11.5. The van der Waals surface area contributed by atoms with Gasteiger partial charge in [0.2, 0.25) is 0 Å². The summed E-state index contributed by atoms with van der Waals surface area (Å²) in [5, 5.41) is 9.44. The van der Waals surface area contributed by atoms with Crippen molar-refractivity contribution in [2.45, 2.75) is 65.3 Å². The van der Waals surface area contributed by atoms with E-state index in [9.17, 15) is 9.90 Å². The molecule has 1 saturated carbocycles. The standard InChI is InChI=1S/C15H29NO2/c1-5-9-15(3,14(17)18)11-16(4)13-8-6-7-12(2)10-13/h12-13H,5-11H2,1-4H3,(H,17,18). The molecule has 0 amide bonds. The average molecular weight is 255 g/mol. The Bertz CT molecular complexity index is 280. The third-order valence-corrected chi connectivity index (χ3v) is 4.45. The molecule has 0 spiro atoms. The molecule has 1 aliphatic carbocycles. The van der Waals surface area contributed by atoms with Crippen molar-refractivity contribution < 1.29 is 9.90 Å².